The van der Waals surface area contributed by atoms with Crippen molar-refractivity contribution in [3.8, 4) is 33.4 Å². The third-order valence-electron chi connectivity index (χ3n) is 4.67. The summed E-state index contributed by atoms with van der Waals surface area (Å²) in [5.41, 5.74) is 2.40. The van der Waals surface area contributed by atoms with E-state index in [9.17, 15) is 5.11 Å². The Morgan fingerprint density at radius 3 is 2.66 bits per heavy atom. The average Bonchev–Trinajstić information content (AvgIpc) is 3.17. The number of aromatic nitrogens is 2. The van der Waals surface area contributed by atoms with Gasteiger partial charge in [0.15, 0.2) is 17.2 Å². The molecular weight excluding hydrogens is 428 g/mol. The highest BCUT2D eigenvalue weighted by Gasteiger charge is 2.19. The van der Waals surface area contributed by atoms with E-state index in [1.165, 1.54) is 18.4 Å². The number of nitrogens with zero attached hydrogens (tertiary/aromatic N) is 4. The van der Waals surface area contributed by atoms with Crippen LogP contribution in [0.4, 0.5) is 5.95 Å². The van der Waals surface area contributed by atoms with E-state index in [1.54, 1.807) is 25.4 Å². The van der Waals surface area contributed by atoms with Gasteiger partial charge in [-0.05, 0) is 36.8 Å². The largest absolute Gasteiger partial charge is 0.504 e. The maximum atomic E-state index is 9.89. The summed E-state index contributed by atoms with van der Waals surface area (Å²) in [6, 6.07) is 12.9. The Bertz CT molecular complexity index is 1270. The Kier molecular flexibility index (Phi) is 6.46. The van der Waals surface area contributed by atoms with Crippen LogP contribution in [-0.2, 0) is 6.54 Å². The summed E-state index contributed by atoms with van der Waals surface area (Å²) in [5, 5.41) is 18.2. The van der Waals surface area contributed by atoms with E-state index in [4.69, 9.17) is 14.2 Å². The molecule has 0 unspecified atom stereocenters. The number of hydrogen-bond acceptors (Lipinski definition) is 9. The van der Waals surface area contributed by atoms with Crippen LogP contribution in [0.15, 0.2) is 58.9 Å². The Morgan fingerprint density at radius 2 is 1.91 bits per heavy atom. The molecule has 0 saturated heterocycles. The van der Waals surface area contributed by atoms with Gasteiger partial charge < -0.3 is 19.3 Å². The second-order valence-electron chi connectivity index (χ2n) is 6.68. The first-order valence-corrected chi connectivity index (χ1v) is 10.7. The standard InChI is InChI=1S/C23H22N4O4S/c1-4-31-17-8-6-5-7-15(17)22-21(30-3)20-19(32-22)13-24-23(26-20)27-25-12-14-9-10-18(29-2)16(28)11-14/h5-11,13,28H,4,12H2,1-3H3. The van der Waals surface area contributed by atoms with E-state index in [-0.39, 0.29) is 18.2 Å². The number of fused-ring (bicyclic) bond motifs is 1. The second kappa shape index (κ2) is 9.61. The van der Waals surface area contributed by atoms with Crippen molar-refractivity contribution in [2.24, 2.45) is 10.2 Å². The molecule has 2 aromatic carbocycles. The number of thiophene rings is 1. The molecule has 9 heteroatoms. The van der Waals surface area contributed by atoms with E-state index in [0.717, 1.165) is 26.5 Å². The first-order valence-electron chi connectivity index (χ1n) is 9.93. The third kappa shape index (κ3) is 4.33. The van der Waals surface area contributed by atoms with Gasteiger partial charge in [-0.25, -0.2) is 9.97 Å². The van der Waals surface area contributed by atoms with Gasteiger partial charge in [-0.2, -0.15) is 5.11 Å². The quantitative estimate of drug-likeness (QED) is 0.343. The SMILES string of the molecule is CCOc1ccccc1-c1sc2cnc(N=NCc3ccc(OC)c(O)c3)nc2c1OC. The van der Waals surface area contributed by atoms with Crippen LogP contribution < -0.4 is 14.2 Å². The first kappa shape index (κ1) is 21.5. The van der Waals surface area contributed by atoms with E-state index in [1.807, 2.05) is 37.3 Å². The normalized spacial score (nSPS) is 11.2. The molecule has 4 aromatic rings. The summed E-state index contributed by atoms with van der Waals surface area (Å²) in [4.78, 5) is 9.77. The summed E-state index contributed by atoms with van der Waals surface area (Å²) < 4.78 is 17.4. The van der Waals surface area contributed by atoms with Crippen LogP contribution in [-0.4, -0.2) is 35.9 Å². The summed E-state index contributed by atoms with van der Waals surface area (Å²) in [6.45, 7) is 2.79. The number of aromatic hydroxyl groups is 1. The number of methoxy groups -OCH3 is 2. The second-order valence-corrected chi connectivity index (χ2v) is 7.73. The minimum absolute atomic E-state index is 0.0562. The number of para-hydroxylation sites is 1. The van der Waals surface area contributed by atoms with E-state index in [2.05, 4.69) is 20.2 Å². The maximum absolute atomic E-state index is 9.89. The molecule has 2 heterocycles. The van der Waals surface area contributed by atoms with Crippen molar-refractivity contribution in [3.05, 3.63) is 54.2 Å². The molecule has 0 aliphatic heterocycles. The molecule has 0 atom stereocenters. The van der Waals surface area contributed by atoms with Crippen LogP contribution in [0.3, 0.4) is 0 Å². The third-order valence-corrected chi connectivity index (χ3v) is 5.80. The summed E-state index contributed by atoms with van der Waals surface area (Å²) >= 11 is 1.53. The lowest BCUT2D eigenvalue weighted by Gasteiger charge is -2.09. The zero-order chi connectivity index (χ0) is 22.5. The van der Waals surface area contributed by atoms with Gasteiger partial charge in [0, 0.05) is 5.56 Å². The molecule has 0 aliphatic carbocycles. The topological polar surface area (TPSA) is 98.4 Å². The highest BCUT2D eigenvalue weighted by atomic mass is 32.1. The van der Waals surface area contributed by atoms with E-state index < -0.39 is 0 Å². The highest BCUT2D eigenvalue weighted by molar-refractivity contribution is 7.22. The van der Waals surface area contributed by atoms with Gasteiger partial charge >= 0.3 is 0 Å². The Hall–Kier alpha value is -3.72. The molecular formula is C23H22N4O4S. The molecule has 0 saturated carbocycles. The maximum Gasteiger partial charge on any atom is 0.269 e. The minimum atomic E-state index is 0.0562. The lowest BCUT2D eigenvalue weighted by atomic mass is 10.1. The summed E-state index contributed by atoms with van der Waals surface area (Å²) in [6.07, 6.45) is 1.72. The van der Waals surface area contributed by atoms with Gasteiger partial charge in [0.2, 0.25) is 0 Å². The predicted molar refractivity (Wildman–Crippen MR) is 123 cm³/mol. The summed E-state index contributed by atoms with van der Waals surface area (Å²) in [5.74, 6) is 2.13. The van der Waals surface area contributed by atoms with Crippen LogP contribution in [0.2, 0.25) is 0 Å². The van der Waals surface area contributed by atoms with Crippen molar-refractivity contribution in [3.63, 3.8) is 0 Å². The fourth-order valence-corrected chi connectivity index (χ4v) is 4.34. The molecule has 0 bridgehead atoms. The van der Waals surface area contributed by atoms with E-state index >= 15 is 0 Å². The Balaban J connectivity index is 1.63. The Labute approximate surface area is 189 Å². The Morgan fingerprint density at radius 1 is 1.06 bits per heavy atom. The monoisotopic (exact) mass is 450 g/mol. The minimum Gasteiger partial charge on any atom is -0.504 e. The first-order chi connectivity index (χ1) is 15.6. The van der Waals surface area contributed by atoms with Crippen molar-refractivity contribution in [1.82, 2.24) is 9.97 Å². The number of rotatable bonds is 8. The lowest BCUT2D eigenvalue weighted by molar-refractivity contribution is 0.341. The van der Waals surface area contributed by atoms with Gasteiger partial charge in [0.1, 0.15) is 11.3 Å². The molecule has 0 amide bonds. The number of azo groups is 1. The van der Waals surface area contributed by atoms with E-state index in [0.29, 0.717) is 23.6 Å². The zero-order valence-electron chi connectivity index (χ0n) is 17.9. The molecule has 32 heavy (non-hydrogen) atoms. The van der Waals surface area contributed by atoms with Crippen LogP contribution in [0.25, 0.3) is 20.7 Å². The molecule has 0 fully saturated rings. The molecule has 1 N–H and O–H groups in total. The number of hydrogen-bond donors (Lipinski definition) is 1. The van der Waals surface area contributed by atoms with Crippen molar-refractivity contribution in [2.75, 3.05) is 20.8 Å². The fourth-order valence-electron chi connectivity index (χ4n) is 3.23. The lowest BCUT2D eigenvalue weighted by Crippen LogP contribution is -1.94. The van der Waals surface area contributed by atoms with Crippen molar-refractivity contribution in [2.45, 2.75) is 13.5 Å². The van der Waals surface area contributed by atoms with Crippen LogP contribution in [0, 0.1) is 0 Å². The van der Waals surface area contributed by atoms with Gasteiger partial charge in [0.25, 0.3) is 5.95 Å². The van der Waals surface area contributed by atoms with Crippen LogP contribution in [0.5, 0.6) is 23.0 Å². The molecule has 8 nitrogen and oxygen atoms in total. The molecule has 0 radical (unpaired) electrons. The molecule has 164 valence electrons. The number of phenolic OH excluding ortho intramolecular Hbond substituents is 1. The average molecular weight is 451 g/mol. The zero-order valence-corrected chi connectivity index (χ0v) is 18.7. The van der Waals surface area contributed by atoms with Gasteiger partial charge in [-0.1, -0.05) is 18.2 Å². The fraction of sp³-hybridized carbons (Fsp3) is 0.217. The van der Waals surface area contributed by atoms with Crippen molar-refractivity contribution >= 4 is 27.5 Å². The van der Waals surface area contributed by atoms with Gasteiger partial charge in [0.05, 0.1) is 43.1 Å². The molecule has 0 spiro atoms. The molecule has 0 aliphatic rings. The predicted octanol–water partition coefficient (Wildman–Crippen LogP) is 5.76. The van der Waals surface area contributed by atoms with Crippen LogP contribution in [0.1, 0.15) is 12.5 Å². The number of ether oxygens (including phenoxy) is 3. The number of benzene rings is 2. The highest BCUT2D eigenvalue weighted by Crippen LogP contribution is 2.46. The number of phenols is 1. The smallest absolute Gasteiger partial charge is 0.269 e. The van der Waals surface area contributed by atoms with Gasteiger partial charge in [-0.15, -0.1) is 16.5 Å². The van der Waals surface area contributed by atoms with Crippen molar-refractivity contribution in [1.29, 1.82) is 0 Å². The molecule has 4 rings (SSSR count). The van der Waals surface area contributed by atoms with Crippen molar-refractivity contribution < 1.29 is 19.3 Å². The summed E-state index contributed by atoms with van der Waals surface area (Å²) in [7, 11) is 3.12. The molecule has 2 aromatic heterocycles. The van der Waals surface area contributed by atoms with Gasteiger partial charge in [-0.3, -0.25) is 0 Å². The van der Waals surface area contributed by atoms with Crippen LogP contribution >= 0.6 is 11.3 Å².